The van der Waals surface area contributed by atoms with Gasteiger partial charge in [-0.15, -0.1) is 0 Å². The second kappa shape index (κ2) is 10.7. The van der Waals surface area contributed by atoms with Crippen LogP contribution in [0.3, 0.4) is 0 Å². The molecule has 3 rings (SSSR count). The largest absolute Gasteiger partial charge is 0.493 e. The van der Waals surface area contributed by atoms with Gasteiger partial charge < -0.3 is 23.7 Å². The SMILES string of the molecule is COc1cc(C=CC(=O)Oc2ccc(OCc3ccccc3)cc2)cc(OC)c1OC. The standard InChI is InChI=1S/C25H24O6/c1-27-22-15-19(16-23(28-2)25(22)29-3)9-14-24(26)31-21-12-10-20(11-13-21)30-17-18-7-5-4-6-8-18/h4-16H,17H2,1-3H3. The van der Waals surface area contributed by atoms with Gasteiger partial charge >= 0.3 is 5.97 Å². The molecule has 0 unspecified atom stereocenters. The smallest absolute Gasteiger partial charge is 0.336 e. The van der Waals surface area contributed by atoms with Crippen LogP contribution in [0.15, 0.2) is 72.8 Å². The zero-order valence-corrected chi connectivity index (χ0v) is 17.7. The fourth-order valence-corrected chi connectivity index (χ4v) is 2.86. The first-order valence-corrected chi connectivity index (χ1v) is 9.59. The predicted molar refractivity (Wildman–Crippen MR) is 118 cm³/mol. The molecule has 0 aliphatic carbocycles. The van der Waals surface area contributed by atoms with E-state index in [-0.39, 0.29) is 0 Å². The first kappa shape index (κ1) is 21.8. The number of hydrogen-bond acceptors (Lipinski definition) is 6. The van der Waals surface area contributed by atoms with E-state index in [0.29, 0.717) is 40.9 Å². The summed E-state index contributed by atoms with van der Waals surface area (Å²) < 4.78 is 27.0. The molecule has 0 aliphatic rings. The van der Waals surface area contributed by atoms with E-state index < -0.39 is 5.97 Å². The number of benzene rings is 3. The maximum absolute atomic E-state index is 12.2. The van der Waals surface area contributed by atoms with Crippen LogP contribution in [0.4, 0.5) is 0 Å². The first-order chi connectivity index (χ1) is 15.1. The van der Waals surface area contributed by atoms with Gasteiger partial charge in [0.25, 0.3) is 0 Å². The van der Waals surface area contributed by atoms with E-state index in [1.54, 1.807) is 42.5 Å². The van der Waals surface area contributed by atoms with Gasteiger partial charge in [0.15, 0.2) is 11.5 Å². The van der Waals surface area contributed by atoms with Crippen LogP contribution in [0.2, 0.25) is 0 Å². The molecule has 0 aliphatic heterocycles. The number of esters is 1. The Labute approximate surface area is 181 Å². The average Bonchev–Trinajstić information content (AvgIpc) is 2.82. The Balaban J connectivity index is 1.59. The zero-order valence-electron chi connectivity index (χ0n) is 17.7. The Morgan fingerprint density at radius 3 is 2.00 bits per heavy atom. The average molecular weight is 420 g/mol. The van der Waals surface area contributed by atoms with Crippen LogP contribution in [0.1, 0.15) is 11.1 Å². The van der Waals surface area contributed by atoms with Crippen molar-refractivity contribution >= 4 is 12.0 Å². The van der Waals surface area contributed by atoms with Gasteiger partial charge in [0.05, 0.1) is 21.3 Å². The van der Waals surface area contributed by atoms with Gasteiger partial charge in [-0.2, -0.15) is 0 Å². The minimum absolute atomic E-state index is 0.423. The first-order valence-electron chi connectivity index (χ1n) is 9.59. The van der Waals surface area contributed by atoms with Crippen molar-refractivity contribution in [3.8, 4) is 28.7 Å². The van der Waals surface area contributed by atoms with E-state index >= 15 is 0 Å². The third-order valence-electron chi connectivity index (χ3n) is 4.39. The van der Waals surface area contributed by atoms with Gasteiger partial charge in [-0.1, -0.05) is 30.3 Å². The van der Waals surface area contributed by atoms with E-state index in [9.17, 15) is 4.79 Å². The molecule has 0 N–H and O–H groups in total. The number of methoxy groups -OCH3 is 3. The minimum Gasteiger partial charge on any atom is -0.493 e. The molecule has 0 spiro atoms. The van der Waals surface area contributed by atoms with E-state index in [2.05, 4.69) is 0 Å². The van der Waals surface area contributed by atoms with Crippen LogP contribution in [0, 0.1) is 0 Å². The molecule has 6 heteroatoms. The van der Waals surface area contributed by atoms with E-state index in [1.165, 1.54) is 27.4 Å². The Kier molecular flexibility index (Phi) is 7.54. The monoisotopic (exact) mass is 420 g/mol. The number of hydrogen-bond donors (Lipinski definition) is 0. The van der Waals surface area contributed by atoms with Crippen molar-refractivity contribution in [1.82, 2.24) is 0 Å². The lowest BCUT2D eigenvalue weighted by molar-refractivity contribution is -0.128. The lowest BCUT2D eigenvalue weighted by Crippen LogP contribution is -2.03. The van der Waals surface area contributed by atoms with E-state index in [4.69, 9.17) is 23.7 Å². The van der Waals surface area contributed by atoms with Crippen LogP contribution < -0.4 is 23.7 Å². The molecule has 31 heavy (non-hydrogen) atoms. The maximum atomic E-state index is 12.2. The number of carbonyl (C=O) groups is 1. The minimum atomic E-state index is -0.508. The summed E-state index contributed by atoms with van der Waals surface area (Å²) in [6.45, 7) is 0.470. The maximum Gasteiger partial charge on any atom is 0.336 e. The highest BCUT2D eigenvalue weighted by atomic mass is 16.5. The van der Waals surface area contributed by atoms with E-state index in [1.807, 2.05) is 30.3 Å². The van der Waals surface area contributed by atoms with Crippen LogP contribution in [0.25, 0.3) is 6.08 Å². The molecular weight excluding hydrogens is 396 g/mol. The summed E-state index contributed by atoms with van der Waals surface area (Å²) in [5, 5.41) is 0. The number of rotatable bonds is 9. The number of carbonyl (C=O) groups excluding carboxylic acids is 1. The molecule has 160 valence electrons. The van der Waals surface area contributed by atoms with Crippen molar-refractivity contribution in [2.75, 3.05) is 21.3 Å². The lowest BCUT2D eigenvalue weighted by atomic mass is 10.1. The summed E-state index contributed by atoms with van der Waals surface area (Å²) in [4.78, 5) is 12.2. The van der Waals surface area contributed by atoms with Crippen molar-refractivity contribution in [2.24, 2.45) is 0 Å². The van der Waals surface area contributed by atoms with Crippen molar-refractivity contribution in [3.05, 3.63) is 83.9 Å². The summed E-state index contributed by atoms with van der Waals surface area (Å²) in [5.74, 6) is 2.09. The summed E-state index contributed by atoms with van der Waals surface area (Å²) in [6.07, 6.45) is 2.95. The molecule has 0 aromatic heterocycles. The molecule has 0 amide bonds. The molecule has 0 heterocycles. The topological polar surface area (TPSA) is 63.2 Å². The lowest BCUT2D eigenvalue weighted by Gasteiger charge is -2.12. The van der Waals surface area contributed by atoms with Gasteiger partial charge in [0, 0.05) is 6.08 Å². The Bertz CT molecular complexity index is 1000. The Hall–Kier alpha value is -3.93. The highest BCUT2D eigenvalue weighted by molar-refractivity contribution is 5.89. The Morgan fingerprint density at radius 2 is 1.42 bits per heavy atom. The predicted octanol–water partition coefficient (Wildman–Crippen LogP) is 4.91. The normalized spacial score (nSPS) is 10.5. The molecule has 6 nitrogen and oxygen atoms in total. The van der Waals surface area contributed by atoms with Crippen LogP contribution in [-0.4, -0.2) is 27.3 Å². The fourth-order valence-electron chi connectivity index (χ4n) is 2.86. The molecule has 0 atom stereocenters. The summed E-state index contributed by atoms with van der Waals surface area (Å²) in [7, 11) is 4.60. The van der Waals surface area contributed by atoms with Crippen LogP contribution >= 0.6 is 0 Å². The van der Waals surface area contributed by atoms with Gasteiger partial charge in [-0.05, 0) is 53.6 Å². The summed E-state index contributed by atoms with van der Waals surface area (Å²) in [6, 6.07) is 20.3. The molecule has 3 aromatic rings. The molecule has 0 saturated carbocycles. The highest BCUT2D eigenvalue weighted by Gasteiger charge is 2.12. The molecule has 0 bridgehead atoms. The highest BCUT2D eigenvalue weighted by Crippen LogP contribution is 2.38. The molecule has 0 radical (unpaired) electrons. The molecular formula is C25H24O6. The van der Waals surface area contributed by atoms with Crippen molar-refractivity contribution in [1.29, 1.82) is 0 Å². The fraction of sp³-hybridized carbons (Fsp3) is 0.160. The number of ether oxygens (including phenoxy) is 5. The van der Waals surface area contributed by atoms with Crippen molar-refractivity contribution in [3.63, 3.8) is 0 Å². The van der Waals surface area contributed by atoms with Crippen LogP contribution in [-0.2, 0) is 11.4 Å². The second-order valence-corrected chi connectivity index (χ2v) is 6.46. The Morgan fingerprint density at radius 1 is 0.806 bits per heavy atom. The third-order valence-corrected chi connectivity index (χ3v) is 4.39. The third kappa shape index (κ3) is 6.02. The van der Waals surface area contributed by atoms with Crippen molar-refractivity contribution < 1.29 is 28.5 Å². The summed E-state index contributed by atoms with van der Waals surface area (Å²) in [5.41, 5.74) is 1.78. The quantitative estimate of drug-likeness (QED) is 0.278. The van der Waals surface area contributed by atoms with Gasteiger partial charge in [0.1, 0.15) is 18.1 Å². The molecule has 0 saturated heterocycles. The zero-order chi connectivity index (χ0) is 22.1. The van der Waals surface area contributed by atoms with Gasteiger partial charge in [0.2, 0.25) is 5.75 Å². The second-order valence-electron chi connectivity index (χ2n) is 6.46. The molecule has 0 fully saturated rings. The summed E-state index contributed by atoms with van der Waals surface area (Å²) >= 11 is 0. The van der Waals surface area contributed by atoms with Crippen molar-refractivity contribution in [2.45, 2.75) is 6.61 Å². The van der Waals surface area contributed by atoms with Crippen LogP contribution in [0.5, 0.6) is 28.7 Å². The van der Waals surface area contributed by atoms with Gasteiger partial charge in [-0.25, -0.2) is 4.79 Å². The van der Waals surface area contributed by atoms with Gasteiger partial charge in [-0.3, -0.25) is 0 Å². The van der Waals surface area contributed by atoms with E-state index in [0.717, 1.165) is 5.56 Å². The molecule has 3 aromatic carbocycles.